The van der Waals surface area contributed by atoms with Crippen molar-refractivity contribution in [2.24, 2.45) is 0 Å². The first-order valence-electron chi connectivity index (χ1n) is 8.37. The highest BCUT2D eigenvalue weighted by atomic mass is 35.5. The van der Waals surface area contributed by atoms with E-state index in [9.17, 15) is 4.79 Å². The van der Waals surface area contributed by atoms with Gasteiger partial charge in [-0.1, -0.05) is 29.8 Å². The molecule has 0 bridgehead atoms. The molecule has 0 saturated heterocycles. The molecule has 0 aliphatic rings. The van der Waals surface area contributed by atoms with Gasteiger partial charge >= 0.3 is 0 Å². The van der Waals surface area contributed by atoms with E-state index in [4.69, 9.17) is 21.1 Å². The Labute approximate surface area is 167 Å². The van der Waals surface area contributed by atoms with Gasteiger partial charge in [-0.3, -0.25) is 4.79 Å². The van der Waals surface area contributed by atoms with Crippen LogP contribution < -0.4 is 19.7 Å². The van der Waals surface area contributed by atoms with E-state index in [1.807, 2.05) is 42.3 Å². The number of para-hydroxylation sites is 1. The van der Waals surface area contributed by atoms with Gasteiger partial charge in [-0.05, 0) is 12.1 Å². The average molecular weight is 399 g/mol. The van der Waals surface area contributed by atoms with Crippen LogP contribution in [0.15, 0.2) is 54.9 Å². The summed E-state index contributed by atoms with van der Waals surface area (Å²) in [7, 11) is 4.86. The Hall–Kier alpha value is -3.32. The molecule has 1 heterocycles. The van der Waals surface area contributed by atoms with Crippen molar-refractivity contribution in [1.29, 1.82) is 0 Å². The van der Waals surface area contributed by atoms with Crippen molar-refractivity contribution in [3.8, 4) is 11.5 Å². The van der Waals surface area contributed by atoms with E-state index < -0.39 is 5.91 Å². The maximum atomic E-state index is 12.6. The Balaban J connectivity index is 1.79. The molecule has 3 rings (SSSR count). The predicted octanol–water partition coefficient (Wildman–Crippen LogP) is 4.17. The van der Waals surface area contributed by atoms with Gasteiger partial charge in [-0.2, -0.15) is 0 Å². The van der Waals surface area contributed by atoms with E-state index in [2.05, 4.69) is 15.3 Å². The molecule has 1 amide bonds. The predicted molar refractivity (Wildman–Crippen MR) is 109 cm³/mol. The highest BCUT2D eigenvalue weighted by molar-refractivity contribution is 6.32. The minimum atomic E-state index is -0.427. The van der Waals surface area contributed by atoms with Crippen molar-refractivity contribution >= 4 is 34.7 Å². The Morgan fingerprint density at radius 2 is 1.75 bits per heavy atom. The molecular formula is C20H19ClN4O3. The third kappa shape index (κ3) is 4.15. The molecule has 0 saturated carbocycles. The summed E-state index contributed by atoms with van der Waals surface area (Å²) in [5.74, 6) is 1.02. The molecule has 1 aromatic heterocycles. The summed E-state index contributed by atoms with van der Waals surface area (Å²) in [5, 5.41) is 3.12. The van der Waals surface area contributed by atoms with Crippen LogP contribution >= 0.6 is 11.6 Å². The van der Waals surface area contributed by atoms with Gasteiger partial charge in [-0.25, -0.2) is 9.97 Å². The minimum Gasteiger partial charge on any atom is -0.495 e. The highest BCUT2D eigenvalue weighted by Gasteiger charge is 2.15. The number of hydrogen-bond donors (Lipinski definition) is 1. The van der Waals surface area contributed by atoms with Gasteiger partial charge in [0, 0.05) is 24.9 Å². The van der Waals surface area contributed by atoms with E-state index in [0.717, 1.165) is 5.69 Å². The topological polar surface area (TPSA) is 76.6 Å². The van der Waals surface area contributed by atoms with E-state index in [1.165, 1.54) is 20.4 Å². The monoisotopic (exact) mass is 398 g/mol. The molecule has 0 atom stereocenters. The number of anilines is 3. The van der Waals surface area contributed by atoms with E-state index in [-0.39, 0.29) is 5.69 Å². The first-order chi connectivity index (χ1) is 13.5. The van der Waals surface area contributed by atoms with Gasteiger partial charge in [0.15, 0.2) is 5.82 Å². The fraction of sp³-hybridized carbons (Fsp3) is 0.150. The van der Waals surface area contributed by atoms with Crippen LogP contribution in [0.3, 0.4) is 0 Å². The van der Waals surface area contributed by atoms with E-state index in [1.54, 1.807) is 18.3 Å². The SMILES string of the molecule is COc1cc(NC(=O)c2cnc(N(C)c3ccccc3)cn2)c(OC)cc1Cl. The van der Waals surface area contributed by atoms with Crippen LogP contribution in [0.1, 0.15) is 10.5 Å². The van der Waals surface area contributed by atoms with Crippen LogP contribution in [0.25, 0.3) is 0 Å². The molecule has 0 fully saturated rings. The van der Waals surface area contributed by atoms with Gasteiger partial charge in [-0.15, -0.1) is 0 Å². The average Bonchev–Trinajstić information content (AvgIpc) is 2.74. The normalized spacial score (nSPS) is 10.3. The molecule has 0 aliphatic heterocycles. The zero-order valence-corrected chi connectivity index (χ0v) is 16.4. The number of carbonyl (C=O) groups is 1. The number of nitrogens with one attached hydrogen (secondary N) is 1. The largest absolute Gasteiger partial charge is 0.495 e. The lowest BCUT2D eigenvalue weighted by molar-refractivity contribution is 0.102. The highest BCUT2D eigenvalue weighted by Crippen LogP contribution is 2.36. The summed E-state index contributed by atoms with van der Waals surface area (Å²) >= 11 is 6.09. The Bertz CT molecular complexity index is 965. The van der Waals surface area contributed by atoms with Gasteiger partial charge in [0.05, 0.1) is 37.3 Å². The van der Waals surface area contributed by atoms with Crippen LogP contribution in [0.2, 0.25) is 5.02 Å². The lowest BCUT2D eigenvalue weighted by atomic mass is 10.2. The summed E-state index contributed by atoms with van der Waals surface area (Å²) in [6.45, 7) is 0. The quantitative estimate of drug-likeness (QED) is 0.671. The van der Waals surface area contributed by atoms with Gasteiger partial charge in [0.25, 0.3) is 5.91 Å². The fourth-order valence-corrected chi connectivity index (χ4v) is 2.77. The van der Waals surface area contributed by atoms with Crippen molar-refractivity contribution < 1.29 is 14.3 Å². The molecule has 144 valence electrons. The summed E-state index contributed by atoms with van der Waals surface area (Å²) < 4.78 is 10.4. The fourth-order valence-electron chi connectivity index (χ4n) is 2.54. The molecular weight excluding hydrogens is 380 g/mol. The Morgan fingerprint density at radius 1 is 1.04 bits per heavy atom. The minimum absolute atomic E-state index is 0.168. The number of ether oxygens (including phenoxy) is 2. The van der Waals surface area contributed by atoms with Gasteiger partial charge in [0.2, 0.25) is 0 Å². The summed E-state index contributed by atoms with van der Waals surface area (Å²) in [6.07, 6.45) is 2.96. The molecule has 8 heteroatoms. The second-order valence-corrected chi connectivity index (χ2v) is 6.20. The first kappa shape index (κ1) is 19.4. The molecule has 3 aromatic rings. The third-order valence-corrected chi connectivity index (χ3v) is 4.38. The zero-order valence-electron chi connectivity index (χ0n) is 15.6. The van der Waals surface area contributed by atoms with Gasteiger partial charge < -0.3 is 19.7 Å². The lowest BCUT2D eigenvalue weighted by Crippen LogP contribution is -2.17. The van der Waals surface area contributed by atoms with Gasteiger partial charge in [0.1, 0.15) is 17.2 Å². The maximum Gasteiger partial charge on any atom is 0.275 e. The number of benzene rings is 2. The summed E-state index contributed by atoms with van der Waals surface area (Å²) in [5.41, 5.74) is 1.55. The summed E-state index contributed by atoms with van der Waals surface area (Å²) in [6, 6.07) is 12.9. The number of rotatable bonds is 6. The molecule has 2 aromatic carbocycles. The van der Waals surface area contributed by atoms with Crippen molar-refractivity contribution in [1.82, 2.24) is 9.97 Å². The summed E-state index contributed by atoms with van der Waals surface area (Å²) in [4.78, 5) is 23.0. The number of nitrogens with zero attached hydrogens (tertiary/aromatic N) is 3. The number of amides is 1. The van der Waals surface area contributed by atoms with Crippen LogP contribution in [-0.4, -0.2) is 37.1 Å². The van der Waals surface area contributed by atoms with Crippen molar-refractivity contribution in [3.63, 3.8) is 0 Å². The molecule has 0 spiro atoms. The van der Waals surface area contributed by atoms with Crippen LogP contribution in [-0.2, 0) is 0 Å². The molecule has 7 nitrogen and oxygen atoms in total. The molecule has 28 heavy (non-hydrogen) atoms. The molecule has 1 N–H and O–H groups in total. The second-order valence-electron chi connectivity index (χ2n) is 5.80. The second kappa shape index (κ2) is 8.58. The zero-order chi connectivity index (χ0) is 20.1. The van der Waals surface area contributed by atoms with Crippen LogP contribution in [0, 0.1) is 0 Å². The Morgan fingerprint density at radius 3 is 2.36 bits per heavy atom. The first-order valence-corrected chi connectivity index (χ1v) is 8.75. The number of halogens is 1. The molecule has 0 unspecified atom stereocenters. The third-order valence-electron chi connectivity index (χ3n) is 4.08. The van der Waals surface area contributed by atoms with Crippen molar-refractivity contribution in [3.05, 3.63) is 65.6 Å². The number of aromatic nitrogens is 2. The van der Waals surface area contributed by atoms with Crippen LogP contribution in [0.4, 0.5) is 17.2 Å². The number of carbonyl (C=O) groups excluding carboxylic acids is 1. The number of hydrogen-bond acceptors (Lipinski definition) is 6. The molecule has 0 aliphatic carbocycles. The van der Waals surface area contributed by atoms with Crippen LogP contribution in [0.5, 0.6) is 11.5 Å². The smallest absolute Gasteiger partial charge is 0.275 e. The maximum absolute atomic E-state index is 12.6. The van der Waals surface area contributed by atoms with Crippen molar-refractivity contribution in [2.45, 2.75) is 0 Å². The van der Waals surface area contributed by atoms with Crippen molar-refractivity contribution in [2.75, 3.05) is 31.5 Å². The van der Waals surface area contributed by atoms with E-state index in [0.29, 0.717) is 28.0 Å². The lowest BCUT2D eigenvalue weighted by Gasteiger charge is -2.18. The standard InChI is InChI=1S/C20H19ClN4O3/c1-25(13-7-5-4-6-8-13)19-12-22-16(11-23-19)20(26)24-15-10-17(27-2)14(21)9-18(15)28-3/h4-12H,1-3H3,(H,24,26). The Kier molecular flexibility index (Phi) is 5.96. The van der Waals surface area contributed by atoms with E-state index >= 15 is 0 Å². The number of methoxy groups -OCH3 is 2. The molecule has 0 radical (unpaired) electrons.